The molecule has 1 fully saturated rings. The molecular weight excluding hydrogens is 194 g/mol. The number of thiophene rings is 1. The zero-order valence-corrected chi connectivity index (χ0v) is 9.22. The Morgan fingerprint density at radius 2 is 2.43 bits per heavy atom. The maximum absolute atomic E-state index is 11.4. The van der Waals surface area contributed by atoms with Crippen LogP contribution in [0.3, 0.4) is 0 Å². The maximum Gasteiger partial charge on any atom is 0.219 e. The summed E-state index contributed by atoms with van der Waals surface area (Å²) < 4.78 is 0. The standard InChI is InChI=1S/C11H15NOS/c1-9(13)12-6-3-2-4-11(12)10-5-7-14-8-10/h5,7-8,11H,2-4,6H2,1H3/t11-/m1/s1. The number of amides is 1. The SMILES string of the molecule is CC(=O)N1CCCC[C@@H]1c1ccsc1. The van der Waals surface area contributed by atoms with Crippen LogP contribution in [0, 0.1) is 0 Å². The second-order valence-electron chi connectivity index (χ2n) is 3.78. The lowest BCUT2D eigenvalue weighted by molar-refractivity contribution is -0.132. The minimum absolute atomic E-state index is 0.209. The van der Waals surface area contributed by atoms with Gasteiger partial charge in [0.25, 0.3) is 0 Å². The average Bonchev–Trinajstić information content (AvgIpc) is 2.70. The van der Waals surface area contributed by atoms with Gasteiger partial charge in [-0.15, -0.1) is 0 Å². The van der Waals surface area contributed by atoms with Gasteiger partial charge in [0.1, 0.15) is 0 Å². The summed E-state index contributed by atoms with van der Waals surface area (Å²) in [5.41, 5.74) is 1.31. The molecule has 1 aliphatic heterocycles. The van der Waals surface area contributed by atoms with E-state index >= 15 is 0 Å². The third-order valence-corrected chi connectivity index (χ3v) is 3.54. The van der Waals surface area contributed by atoms with Gasteiger partial charge in [-0.05, 0) is 41.7 Å². The van der Waals surface area contributed by atoms with Gasteiger partial charge in [0, 0.05) is 13.5 Å². The van der Waals surface area contributed by atoms with E-state index < -0.39 is 0 Å². The van der Waals surface area contributed by atoms with Crippen molar-refractivity contribution >= 4 is 17.2 Å². The molecule has 1 saturated heterocycles. The summed E-state index contributed by atoms with van der Waals surface area (Å²) in [6, 6.07) is 2.48. The van der Waals surface area contributed by atoms with Gasteiger partial charge in [-0.25, -0.2) is 0 Å². The summed E-state index contributed by atoms with van der Waals surface area (Å²) in [5, 5.41) is 4.24. The van der Waals surface area contributed by atoms with Crippen molar-refractivity contribution in [3.05, 3.63) is 22.4 Å². The molecule has 0 aliphatic carbocycles. The first-order valence-electron chi connectivity index (χ1n) is 5.08. The minimum Gasteiger partial charge on any atom is -0.336 e. The van der Waals surface area contributed by atoms with Crippen LogP contribution in [0.1, 0.15) is 37.8 Å². The fourth-order valence-electron chi connectivity index (χ4n) is 2.12. The van der Waals surface area contributed by atoms with Crippen LogP contribution < -0.4 is 0 Å². The minimum atomic E-state index is 0.209. The van der Waals surface area contributed by atoms with Crippen molar-refractivity contribution in [3.63, 3.8) is 0 Å². The number of piperidine rings is 1. The van der Waals surface area contributed by atoms with Crippen LogP contribution in [-0.4, -0.2) is 17.4 Å². The summed E-state index contributed by atoms with van der Waals surface area (Å²) >= 11 is 1.71. The van der Waals surface area contributed by atoms with Crippen molar-refractivity contribution in [2.45, 2.75) is 32.2 Å². The number of carbonyl (C=O) groups excluding carboxylic acids is 1. The van der Waals surface area contributed by atoms with Gasteiger partial charge < -0.3 is 4.90 Å². The predicted molar refractivity (Wildman–Crippen MR) is 58.3 cm³/mol. The van der Waals surface area contributed by atoms with Crippen LogP contribution in [-0.2, 0) is 4.79 Å². The molecule has 1 aliphatic rings. The van der Waals surface area contributed by atoms with E-state index in [1.165, 1.54) is 12.0 Å². The molecule has 2 rings (SSSR count). The van der Waals surface area contributed by atoms with Gasteiger partial charge in [-0.3, -0.25) is 4.79 Å². The first kappa shape index (κ1) is 9.71. The number of hydrogen-bond donors (Lipinski definition) is 0. The Hall–Kier alpha value is -0.830. The average molecular weight is 209 g/mol. The van der Waals surface area contributed by atoms with Crippen LogP contribution in [0.5, 0.6) is 0 Å². The predicted octanol–water partition coefficient (Wildman–Crippen LogP) is 2.82. The molecule has 0 aromatic carbocycles. The van der Waals surface area contributed by atoms with Gasteiger partial charge in [-0.2, -0.15) is 11.3 Å². The number of likely N-dealkylation sites (tertiary alicyclic amines) is 1. The highest BCUT2D eigenvalue weighted by atomic mass is 32.1. The second-order valence-corrected chi connectivity index (χ2v) is 4.56. The van der Waals surface area contributed by atoms with Gasteiger partial charge >= 0.3 is 0 Å². The smallest absolute Gasteiger partial charge is 0.219 e. The van der Waals surface area contributed by atoms with E-state index in [0.717, 1.165) is 19.4 Å². The summed E-state index contributed by atoms with van der Waals surface area (Å²) in [4.78, 5) is 13.4. The molecule has 0 spiro atoms. The van der Waals surface area contributed by atoms with Crippen molar-refractivity contribution < 1.29 is 4.79 Å². The Balaban J connectivity index is 2.18. The lowest BCUT2D eigenvalue weighted by atomic mass is 9.97. The Morgan fingerprint density at radius 3 is 3.07 bits per heavy atom. The Labute approximate surface area is 88.5 Å². The van der Waals surface area contributed by atoms with Crippen LogP contribution in [0.4, 0.5) is 0 Å². The lowest BCUT2D eigenvalue weighted by Gasteiger charge is -2.34. The maximum atomic E-state index is 11.4. The summed E-state index contributed by atoms with van der Waals surface area (Å²) in [5.74, 6) is 0.209. The molecule has 0 radical (unpaired) electrons. The second kappa shape index (κ2) is 4.13. The highest BCUT2D eigenvalue weighted by Crippen LogP contribution is 2.31. The number of rotatable bonds is 1. The lowest BCUT2D eigenvalue weighted by Crippen LogP contribution is -2.36. The number of carbonyl (C=O) groups is 1. The highest BCUT2D eigenvalue weighted by molar-refractivity contribution is 7.07. The molecule has 14 heavy (non-hydrogen) atoms. The van der Waals surface area contributed by atoms with Crippen molar-refractivity contribution in [3.8, 4) is 0 Å². The Kier molecular flexibility index (Phi) is 2.87. The molecule has 1 atom stereocenters. The van der Waals surface area contributed by atoms with E-state index in [4.69, 9.17) is 0 Å². The molecule has 2 heterocycles. The first-order chi connectivity index (χ1) is 6.79. The van der Waals surface area contributed by atoms with E-state index in [-0.39, 0.29) is 5.91 Å². The van der Waals surface area contributed by atoms with Crippen LogP contribution in [0.15, 0.2) is 16.8 Å². The van der Waals surface area contributed by atoms with Crippen LogP contribution in [0.2, 0.25) is 0 Å². The van der Waals surface area contributed by atoms with Crippen LogP contribution in [0.25, 0.3) is 0 Å². The third kappa shape index (κ3) is 1.82. The molecule has 1 aromatic rings. The molecule has 0 saturated carbocycles. The van der Waals surface area contributed by atoms with Gasteiger partial charge in [0.05, 0.1) is 6.04 Å². The monoisotopic (exact) mass is 209 g/mol. The molecular formula is C11H15NOS. The molecule has 2 nitrogen and oxygen atoms in total. The molecule has 0 unspecified atom stereocenters. The normalized spacial score (nSPS) is 22.4. The molecule has 3 heteroatoms. The van der Waals surface area contributed by atoms with E-state index in [2.05, 4.69) is 16.8 Å². The summed E-state index contributed by atoms with van der Waals surface area (Å²) in [7, 11) is 0. The largest absolute Gasteiger partial charge is 0.336 e. The Morgan fingerprint density at radius 1 is 1.57 bits per heavy atom. The van der Waals surface area contributed by atoms with Crippen molar-refractivity contribution in [1.29, 1.82) is 0 Å². The van der Waals surface area contributed by atoms with E-state index in [9.17, 15) is 4.79 Å². The van der Waals surface area contributed by atoms with E-state index in [0.29, 0.717) is 6.04 Å². The summed E-state index contributed by atoms with van der Waals surface area (Å²) in [6.45, 7) is 2.60. The quantitative estimate of drug-likeness (QED) is 0.696. The zero-order valence-electron chi connectivity index (χ0n) is 8.40. The van der Waals surface area contributed by atoms with E-state index in [1.54, 1.807) is 18.3 Å². The van der Waals surface area contributed by atoms with E-state index in [1.807, 2.05) is 4.90 Å². The molecule has 0 N–H and O–H groups in total. The molecule has 76 valence electrons. The first-order valence-corrected chi connectivity index (χ1v) is 6.02. The Bertz CT molecular complexity index is 307. The van der Waals surface area contributed by atoms with Crippen molar-refractivity contribution in [2.24, 2.45) is 0 Å². The topological polar surface area (TPSA) is 20.3 Å². The van der Waals surface area contributed by atoms with Crippen molar-refractivity contribution in [2.75, 3.05) is 6.54 Å². The van der Waals surface area contributed by atoms with Gasteiger partial charge in [-0.1, -0.05) is 0 Å². The molecule has 1 aromatic heterocycles. The van der Waals surface area contributed by atoms with Gasteiger partial charge in [0.2, 0.25) is 5.91 Å². The number of hydrogen-bond acceptors (Lipinski definition) is 2. The molecule has 0 bridgehead atoms. The zero-order chi connectivity index (χ0) is 9.97. The fourth-order valence-corrected chi connectivity index (χ4v) is 2.83. The summed E-state index contributed by atoms with van der Waals surface area (Å²) in [6.07, 6.45) is 3.51. The van der Waals surface area contributed by atoms with Crippen molar-refractivity contribution in [1.82, 2.24) is 4.90 Å². The number of nitrogens with zero attached hydrogens (tertiary/aromatic N) is 1. The molecule has 1 amide bonds. The third-order valence-electron chi connectivity index (χ3n) is 2.84. The fraction of sp³-hybridized carbons (Fsp3) is 0.545. The highest BCUT2D eigenvalue weighted by Gasteiger charge is 2.25. The van der Waals surface area contributed by atoms with Gasteiger partial charge in [0.15, 0.2) is 0 Å². The van der Waals surface area contributed by atoms with Crippen LogP contribution >= 0.6 is 11.3 Å².